The summed E-state index contributed by atoms with van der Waals surface area (Å²) in [6, 6.07) is 10.4. The number of hydrogen-bond acceptors (Lipinski definition) is 3. The van der Waals surface area contributed by atoms with Gasteiger partial charge >= 0.3 is 0 Å². The molecule has 0 aliphatic carbocycles. The maximum Gasteiger partial charge on any atom is 0.227 e. The third-order valence-corrected chi connectivity index (χ3v) is 4.80. The number of carbonyl (C=O) groups excluding carboxylic acids is 1. The quantitative estimate of drug-likeness (QED) is 0.865. The number of hydrogen-bond donors (Lipinski definition) is 1. The maximum absolute atomic E-state index is 12.5. The van der Waals surface area contributed by atoms with E-state index in [1.165, 1.54) is 5.56 Å². The molecular weight excluding hydrogens is 357 g/mol. The van der Waals surface area contributed by atoms with E-state index in [4.69, 9.17) is 0 Å². The van der Waals surface area contributed by atoms with Crippen molar-refractivity contribution in [3.05, 3.63) is 42.0 Å². The van der Waals surface area contributed by atoms with Crippen molar-refractivity contribution in [2.75, 3.05) is 45.8 Å². The van der Waals surface area contributed by atoms with Crippen LogP contribution >= 0.6 is 24.8 Å². The van der Waals surface area contributed by atoms with E-state index < -0.39 is 0 Å². The summed E-state index contributed by atoms with van der Waals surface area (Å²) in [6.07, 6.45) is 6.57. The fourth-order valence-electron chi connectivity index (χ4n) is 3.37. The summed E-state index contributed by atoms with van der Waals surface area (Å²) < 4.78 is 0. The average Bonchev–Trinajstić information content (AvgIpc) is 2.63. The van der Waals surface area contributed by atoms with E-state index in [2.05, 4.69) is 51.5 Å². The fourth-order valence-corrected chi connectivity index (χ4v) is 3.37. The molecule has 2 fully saturated rings. The first-order chi connectivity index (χ1) is 11.3. The number of benzene rings is 1. The van der Waals surface area contributed by atoms with Crippen molar-refractivity contribution in [2.24, 2.45) is 5.92 Å². The Kier molecular flexibility index (Phi) is 10.1. The first-order valence-corrected chi connectivity index (χ1v) is 8.76. The van der Waals surface area contributed by atoms with Crippen LogP contribution in [0.3, 0.4) is 0 Å². The summed E-state index contributed by atoms with van der Waals surface area (Å²) in [5.74, 6) is 0.560. The molecule has 0 bridgehead atoms. The third kappa shape index (κ3) is 6.63. The van der Waals surface area contributed by atoms with Gasteiger partial charge in [0.2, 0.25) is 5.91 Å². The molecule has 2 saturated heterocycles. The number of nitrogens with zero attached hydrogens (tertiary/aromatic N) is 2. The van der Waals surface area contributed by atoms with Gasteiger partial charge in [-0.25, -0.2) is 0 Å². The van der Waals surface area contributed by atoms with Gasteiger partial charge in [0.15, 0.2) is 0 Å². The Bertz CT molecular complexity index is 525. The Balaban J connectivity index is 0.00000156. The number of piperidine rings is 1. The van der Waals surface area contributed by atoms with Gasteiger partial charge in [-0.05, 0) is 24.9 Å². The lowest BCUT2D eigenvalue weighted by Crippen LogP contribution is -2.52. The molecule has 0 radical (unpaired) electrons. The summed E-state index contributed by atoms with van der Waals surface area (Å²) in [5.41, 5.74) is 1.24. The summed E-state index contributed by atoms with van der Waals surface area (Å²) in [7, 11) is 0. The Hall–Kier alpha value is -1.07. The van der Waals surface area contributed by atoms with Crippen molar-refractivity contribution < 1.29 is 4.79 Å². The largest absolute Gasteiger partial charge is 0.340 e. The molecule has 6 heteroatoms. The standard InChI is InChI=1S/C19H27N3O.2ClH/c23-19(18-9-4-10-20-16-18)22-14-12-21(13-15-22)11-5-8-17-6-2-1-3-7-17;;/h1-3,5-8,18,20H,4,9-16H2;2*1H/b8-5+;;. The molecule has 2 heterocycles. The first-order valence-electron chi connectivity index (χ1n) is 8.76. The van der Waals surface area contributed by atoms with Gasteiger partial charge in [-0.15, -0.1) is 24.8 Å². The van der Waals surface area contributed by atoms with Crippen molar-refractivity contribution in [1.82, 2.24) is 15.1 Å². The van der Waals surface area contributed by atoms with E-state index in [0.717, 1.165) is 58.7 Å². The van der Waals surface area contributed by atoms with Crippen LogP contribution in [-0.2, 0) is 4.79 Å². The van der Waals surface area contributed by atoms with Crippen molar-refractivity contribution >= 4 is 36.8 Å². The molecule has 1 unspecified atom stereocenters. The highest BCUT2D eigenvalue weighted by Gasteiger charge is 2.27. The molecule has 1 atom stereocenters. The minimum atomic E-state index is 0. The van der Waals surface area contributed by atoms with Crippen LogP contribution in [0.2, 0.25) is 0 Å². The van der Waals surface area contributed by atoms with Gasteiger partial charge in [-0.2, -0.15) is 0 Å². The predicted molar refractivity (Wildman–Crippen MR) is 109 cm³/mol. The van der Waals surface area contributed by atoms with Crippen molar-refractivity contribution in [1.29, 1.82) is 0 Å². The molecule has 1 aromatic rings. The van der Waals surface area contributed by atoms with Gasteiger partial charge < -0.3 is 10.2 Å². The van der Waals surface area contributed by atoms with E-state index in [9.17, 15) is 4.79 Å². The highest BCUT2D eigenvalue weighted by Crippen LogP contribution is 2.15. The van der Waals surface area contributed by atoms with Crippen LogP contribution in [-0.4, -0.2) is 61.5 Å². The molecule has 0 spiro atoms. The zero-order chi connectivity index (χ0) is 15.9. The molecule has 0 aromatic heterocycles. The maximum atomic E-state index is 12.5. The van der Waals surface area contributed by atoms with Gasteiger partial charge in [0.1, 0.15) is 0 Å². The summed E-state index contributed by atoms with van der Waals surface area (Å²) in [4.78, 5) is 17.0. The zero-order valence-corrected chi connectivity index (χ0v) is 16.2. The SMILES string of the molecule is Cl.Cl.O=C(C1CCCNC1)N1CCN(C/C=C/c2ccccc2)CC1. The molecule has 0 saturated carbocycles. The van der Waals surface area contributed by atoms with Gasteiger partial charge in [0.05, 0.1) is 5.92 Å². The second kappa shape index (κ2) is 11.5. The zero-order valence-electron chi connectivity index (χ0n) is 14.6. The highest BCUT2D eigenvalue weighted by molar-refractivity contribution is 5.85. The minimum absolute atomic E-state index is 0. The van der Waals surface area contributed by atoms with Crippen LogP contribution in [0.1, 0.15) is 18.4 Å². The van der Waals surface area contributed by atoms with Gasteiger partial charge in [0.25, 0.3) is 0 Å². The number of amides is 1. The van der Waals surface area contributed by atoms with Crippen LogP contribution in [0.5, 0.6) is 0 Å². The van der Waals surface area contributed by atoms with E-state index in [1.807, 2.05) is 6.07 Å². The second-order valence-corrected chi connectivity index (χ2v) is 6.48. The molecule has 1 aromatic carbocycles. The molecule has 1 amide bonds. The predicted octanol–water partition coefficient (Wildman–Crippen LogP) is 2.69. The number of carbonyl (C=O) groups is 1. The number of halogens is 2. The molecular formula is C19H29Cl2N3O. The van der Waals surface area contributed by atoms with Gasteiger partial charge in [-0.3, -0.25) is 9.69 Å². The van der Waals surface area contributed by atoms with Crippen molar-refractivity contribution in [3.8, 4) is 0 Å². The summed E-state index contributed by atoms with van der Waals surface area (Å²) in [5, 5.41) is 3.34. The van der Waals surface area contributed by atoms with Gasteiger partial charge in [-0.1, -0.05) is 42.5 Å². The normalized spacial score (nSPS) is 21.4. The summed E-state index contributed by atoms with van der Waals surface area (Å²) >= 11 is 0. The number of nitrogens with one attached hydrogen (secondary N) is 1. The Morgan fingerprint density at radius 1 is 1.12 bits per heavy atom. The first kappa shape index (κ1) is 22.0. The van der Waals surface area contributed by atoms with Crippen LogP contribution in [0, 0.1) is 5.92 Å². The molecule has 2 aliphatic rings. The van der Waals surface area contributed by atoms with Crippen LogP contribution < -0.4 is 5.32 Å². The molecule has 4 nitrogen and oxygen atoms in total. The smallest absolute Gasteiger partial charge is 0.227 e. The fraction of sp³-hybridized carbons (Fsp3) is 0.526. The minimum Gasteiger partial charge on any atom is -0.340 e. The topological polar surface area (TPSA) is 35.6 Å². The molecule has 2 aliphatic heterocycles. The molecule has 25 heavy (non-hydrogen) atoms. The van der Waals surface area contributed by atoms with Crippen LogP contribution in [0.15, 0.2) is 36.4 Å². The van der Waals surface area contributed by atoms with Gasteiger partial charge in [0, 0.05) is 39.3 Å². The molecule has 140 valence electrons. The van der Waals surface area contributed by atoms with E-state index in [-0.39, 0.29) is 30.7 Å². The Morgan fingerprint density at radius 2 is 1.84 bits per heavy atom. The molecule has 3 rings (SSSR count). The van der Waals surface area contributed by atoms with E-state index in [1.54, 1.807) is 0 Å². The van der Waals surface area contributed by atoms with Crippen molar-refractivity contribution in [3.63, 3.8) is 0 Å². The van der Waals surface area contributed by atoms with E-state index in [0.29, 0.717) is 5.91 Å². The Labute approximate surface area is 163 Å². The van der Waals surface area contributed by atoms with Crippen LogP contribution in [0.4, 0.5) is 0 Å². The lowest BCUT2D eigenvalue weighted by molar-refractivity contribution is -0.137. The molecule has 1 N–H and O–H groups in total. The monoisotopic (exact) mass is 385 g/mol. The Morgan fingerprint density at radius 3 is 2.48 bits per heavy atom. The summed E-state index contributed by atoms with van der Waals surface area (Å²) in [6.45, 7) is 6.57. The number of rotatable bonds is 4. The highest BCUT2D eigenvalue weighted by atomic mass is 35.5. The van der Waals surface area contributed by atoms with Crippen LogP contribution in [0.25, 0.3) is 6.08 Å². The number of piperazine rings is 1. The average molecular weight is 386 g/mol. The second-order valence-electron chi connectivity index (χ2n) is 6.48. The lowest BCUT2D eigenvalue weighted by Gasteiger charge is -2.36. The van der Waals surface area contributed by atoms with E-state index >= 15 is 0 Å². The van der Waals surface area contributed by atoms with Crippen molar-refractivity contribution in [2.45, 2.75) is 12.8 Å². The lowest BCUT2D eigenvalue weighted by atomic mass is 9.98. The third-order valence-electron chi connectivity index (χ3n) is 4.80.